The van der Waals surface area contributed by atoms with Crippen LogP contribution in [-0.2, 0) is 6.54 Å². The molecule has 1 saturated heterocycles. The van der Waals surface area contributed by atoms with Crippen LogP contribution in [0.4, 0.5) is 0 Å². The molecule has 1 fully saturated rings. The van der Waals surface area contributed by atoms with Crippen molar-refractivity contribution in [2.75, 3.05) is 0 Å². The Balaban J connectivity index is 1.65. The molecule has 2 heteroatoms. The summed E-state index contributed by atoms with van der Waals surface area (Å²) in [6, 6.07) is 20.6. The Morgan fingerprint density at radius 2 is 1.96 bits per heavy atom. The van der Waals surface area contributed by atoms with E-state index in [4.69, 9.17) is 0 Å². The molecule has 2 bridgehead atoms. The summed E-state index contributed by atoms with van der Waals surface area (Å²) >= 11 is 0. The maximum Gasteiger partial charge on any atom is 0.0998 e. The van der Waals surface area contributed by atoms with Crippen LogP contribution in [0.25, 0.3) is 5.57 Å². The lowest BCUT2D eigenvalue weighted by molar-refractivity contribution is 0.0951. The molecule has 0 aromatic heterocycles. The van der Waals surface area contributed by atoms with Gasteiger partial charge in [0.1, 0.15) is 0 Å². The molecule has 2 aliphatic heterocycles. The fourth-order valence-electron chi connectivity index (χ4n) is 4.39. The number of hydrogen-bond donors (Lipinski definition) is 0. The maximum atomic E-state index is 9.54. The molecule has 2 atom stereocenters. The van der Waals surface area contributed by atoms with Crippen molar-refractivity contribution in [3.05, 3.63) is 76.9 Å². The minimum atomic E-state index is 0.496. The summed E-state index contributed by atoms with van der Waals surface area (Å²) in [6.45, 7) is 3.08. The van der Waals surface area contributed by atoms with Gasteiger partial charge < -0.3 is 0 Å². The van der Waals surface area contributed by atoms with Crippen LogP contribution in [0, 0.1) is 18.3 Å². The van der Waals surface area contributed by atoms with Gasteiger partial charge in [-0.15, -0.1) is 0 Å². The van der Waals surface area contributed by atoms with Crippen molar-refractivity contribution in [3.63, 3.8) is 0 Å². The molecule has 0 N–H and O–H groups in total. The zero-order valence-electron chi connectivity index (χ0n) is 14.8. The van der Waals surface area contributed by atoms with Crippen LogP contribution in [0.1, 0.15) is 47.9 Å². The van der Waals surface area contributed by atoms with E-state index in [1.165, 1.54) is 30.4 Å². The van der Waals surface area contributed by atoms with Crippen molar-refractivity contribution in [1.82, 2.24) is 4.90 Å². The van der Waals surface area contributed by atoms with E-state index in [2.05, 4.69) is 66.4 Å². The molecule has 2 aromatic carbocycles. The number of benzene rings is 2. The highest BCUT2D eigenvalue weighted by Gasteiger charge is 2.34. The monoisotopic (exact) mass is 328 g/mol. The third-order valence-electron chi connectivity index (χ3n) is 5.63. The number of hydrogen-bond acceptors (Lipinski definition) is 2. The Hall–Kier alpha value is -2.37. The van der Waals surface area contributed by atoms with Gasteiger partial charge in [-0.3, -0.25) is 4.90 Å². The van der Waals surface area contributed by atoms with Crippen molar-refractivity contribution < 1.29 is 0 Å². The number of nitrogens with zero attached hydrogens (tertiary/aromatic N) is 2. The second kappa shape index (κ2) is 6.86. The molecule has 126 valence electrons. The van der Waals surface area contributed by atoms with E-state index in [-0.39, 0.29) is 0 Å². The van der Waals surface area contributed by atoms with Crippen molar-refractivity contribution in [2.24, 2.45) is 0 Å². The molecule has 2 heterocycles. The molecule has 0 spiro atoms. The van der Waals surface area contributed by atoms with Gasteiger partial charge in [-0.25, -0.2) is 0 Å². The lowest BCUT2D eigenvalue weighted by atomic mass is 9.81. The minimum Gasteiger partial charge on any atom is -0.289 e. The van der Waals surface area contributed by atoms with Crippen molar-refractivity contribution in [3.8, 4) is 6.07 Å². The van der Waals surface area contributed by atoms with E-state index in [0.29, 0.717) is 12.1 Å². The number of rotatable bonds is 3. The molecule has 0 saturated carbocycles. The van der Waals surface area contributed by atoms with E-state index < -0.39 is 0 Å². The van der Waals surface area contributed by atoms with E-state index in [0.717, 1.165) is 29.7 Å². The number of fused-ring (bicyclic) bond motifs is 2. The molecule has 0 aliphatic carbocycles. The first-order valence-corrected chi connectivity index (χ1v) is 9.26. The van der Waals surface area contributed by atoms with Gasteiger partial charge in [0.15, 0.2) is 0 Å². The average Bonchev–Trinajstić information content (AvgIpc) is 2.62. The first-order valence-electron chi connectivity index (χ1n) is 9.26. The third kappa shape index (κ3) is 3.25. The fourth-order valence-corrected chi connectivity index (χ4v) is 4.39. The van der Waals surface area contributed by atoms with Crippen molar-refractivity contribution in [2.45, 2.75) is 51.2 Å². The number of nitriles is 1. The smallest absolute Gasteiger partial charge is 0.0998 e. The normalized spacial score (nSPS) is 23.0. The van der Waals surface area contributed by atoms with Gasteiger partial charge in [-0.1, -0.05) is 55.0 Å². The highest BCUT2D eigenvalue weighted by atomic mass is 15.2. The molecular formula is C23H24N2. The van der Waals surface area contributed by atoms with Gasteiger partial charge in [0.05, 0.1) is 11.6 Å². The Morgan fingerprint density at radius 3 is 2.72 bits per heavy atom. The van der Waals surface area contributed by atoms with Gasteiger partial charge in [-0.2, -0.15) is 5.26 Å². The van der Waals surface area contributed by atoms with Crippen molar-refractivity contribution in [1.29, 1.82) is 5.26 Å². The van der Waals surface area contributed by atoms with Crippen LogP contribution in [0.5, 0.6) is 0 Å². The first kappa shape index (κ1) is 16.1. The second-order valence-electron chi connectivity index (χ2n) is 7.37. The van der Waals surface area contributed by atoms with Crippen LogP contribution in [0.15, 0.2) is 54.6 Å². The summed E-state index contributed by atoms with van der Waals surface area (Å²) in [7, 11) is 0. The molecule has 2 unspecified atom stereocenters. The van der Waals surface area contributed by atoms with Gasteiger partial charge in [-0.05, 0) is 54.5 Å². The number of piperidine rings is 1. The predicted octanol–water partition coefficient (Wildman–Crippen LogP) is 5.08. The SMILES string of the molecule is Cc1ccc(C2=CC3CCCC(C2)N3Cc2ccccc2)c(C#N)c1. The zero-order chi connectivity index (χ0) is 17.2. The van der Waals surface area contributed by atoms with Crippen molar-refractivity contribution >= 4 is 5.57 Å². The molecule has 0 amide bonds. The summed E-state index contributed by atoms with van der Waals surface area (Å²) in [6.07, 6.45) is 7.28. The highest BCUT2D eigenvalue weighted by Crippen LogP contribution is 2.38. The van der Waals surface area contributed by atoms with Crippen LogP contribution < -0.4 is 0 Å². The van der Waals surface area contributed by atoms with Crippen LogP contribution in [0.2, 0.25) is 0 Å². The summed E-state index contributed by atoms with van der Waals surface area (Å²) < 4.78 is 0. The van der Waals surface area contributed by atoms with Gasteiger partial charge >= 0.3 is 0 Å². The Morgan fingerprint density at radius 1 is 1.12 bits per heavy atom. The van der Waals surface area contributed by atoms with E-state index >= 15 is 0 Å². The van der Waals surface area contributed by atoms with Crippen LogP contribution in [-0.4, -0.2) is 17.0 Å². The summed E-state index contributed by atoms with van der Waals surface area (Å²) in [5.41, 5.74) is 5.88. The maximum absolute atomic E-state index is 9.54. The first-order chi connectivity index (χ1) is 12.2. The van der Waals surface area contributed by atoms with Gasteiger partial charge in [0.2, 0.25) is 0 Å². The fraction of sp³-hybridized carbons (Fsp3) is 0.348. The summed E-state index contributed by atoms with van der Waals surface area (Å²) in [4.78, 5) is 2.67. The van der Waals surface area contributed by atoms with E-state index in [9.17, 15) is 5.26 Å². The number of aryl methyl sites for hydroxylation is 1. The minimum absolute atomic E-state index is 0.496. The second-order valence-corrected chi connectivity index (χ2v) is 7.37. The molecule has 25 heavy (non-hydrogen) atoms. The molecule has 2 aromatic rings. The van der Waals surface area contributed by atoms with E-state index in [1.54, 1.807) is 0 Å². The molecular weight excluding hydrogens is 304 g/mol. The third-order valence-corrected chi connectivity index (χ3v) is 5.63. The quantitative estimate of drug-likeness (QED) is 0.786. The molecule has 2 aliphatic rings. The largest absolute Gasteiger partial charge is 0.289 e. The summed E-state index contributed by atoms with van der Waals surface area (Å²) in [5.74, 6) is 0. The van der Waals surface area contributed by atoms with Gasteiger partial charge in [0, 0.05) is 18.6 Å². The molecule has 0 radical (unpaired) electrons. The Labute approximate surface area is 150 Å². The van der Waals surface area contributed by atoms with Crippen LogP contribution >= 0.6 is 0 Å². The summed E-state index contributed by atoms with van der Waals surface area (Å²) in [5, 5.41) is 9.54. The lowest BCUT2D eigenvalue weighted by Crippen LogP contribution is -2.47. The lowest BCUT2D eigenvalue weighted by Gasteiger charge is -2.45. The Kier molecular flexibility index (Phi) is 4.42. The Bertz CT molecular complexity index is 829. The highest BCUT2D eigenvalue weighted by molar-refractivity contribution is 5.72. The predicted molar refractivity (Wildman–Crippen MR) is 102 cm³/mol. The average molecular weight is 328 g/mol. The van der Waals surface area contributed by atoms with Crippen LogP contribution in [0.3, 0.4) is 0 Å². The van der Waals surface area contributed by atoms with Gasteiger partial charge in [0.25, 0.3) is 0 Å². The zero-order valence-corrected chi connectivity index (χ0v) is 14.8. The molecule has 2 nitrogen and oxygen atoms in total. The van der Waals surface area contributed by atoms with E-state index in [1.807, 2.05) is 6.07 Å². The standard InChI is InChI=1S/C23H24N2/c1-17-10-11-23(20(12-17)15-24)19-13-21-8-5-9-22(14-19)25(21)16-18-6-3-2-4-7-18/h2-4,6-7,10-13,21-22H,5,8-9,14,16H2,1H3. The topological polar surface area (TPSA) is 27.0 Å². The molecule has 4 rings (SSSR count).